The molecule has 0 radical (unpaired) electrons. The van der Waals surface area contributed by atoms with Gasteiger partial charge in [0.1, 0.15) is 5.69 Å². The summed E-state index contributed by atoms with van der Waals surface area (Å²) >= 11 is 0. The number of nitrogens with two attached hydrogens (primary N) is 1. The van der Waals surface area contributed by atoms with Gasteiger partial charge in [0.05, 0.1) is 10.5 Å². The summed E-state index contributed by atoms with van der Waals surface area (Å²) in [6.45, 7) is 2.36. The lowest BCUT2D eigenvalue weighted by Crippen LogP contribution is -2.45. The lowest BCUT2D eigenvalue weighted by Gasteiger charge is -2.37. The molecule has 1 aromatic carbocycles. The summed E-state index contributed by atoms with van der Waals surface area (Å²) in [5.41, 5.74) is 4.51. The van der Waals surface area contributed by atoms with E-state index in [1.807, 2.05) is 6.92 Å². The van der Waals surface area contributed by atoms with Crippen molar-refractivity contribution in [2.75, 3.05) is 11.4 Å². The maximum atomic E-state index is 12.7. The molecule has 0 saturated carbocycles. The van der Waals surface area contributed by atoms with Crippen LogP contribution in [0.5, 0.6) is 0 Å². The second-order valence-corrected chi connectivity index (χ2v) is 5.29. The first-order chi connectivity index (χ1) is 9.70. The van der Waals surface area contributed by atoms with Gasteiger partial charge in [-0.25, -0.2) is 0 Å². The Hall–Kier alpha value is -1.83. The lowest BCUT2D eigenvalue weighted by molar-refractivity contribution is -0.384. The monoisotopic (exact) mass is 303 g/mol. The van der Waals surface area contributed by atoms with Gasteiger partial charge in [-0.1, -0.05) is 0 Å². The maximum Gasteiger partial charge on any atom is 0.416 e. The summed E-state index contributed by atoms with van der Waals surface area (Å²) in [5, 5.41) is 11.1. The molecule has 1 saturated heterocycles. The van der Waals surface area contributed by atoms with E-state index in [4.69, 9.17) is 5.73 Å². The number of piperidine rings is 1. The molecule has 21 heavy (non-hydrogen) atoms. The van der Waals surface area contributed by atoms with E-state index in [0.717, 1.165) is 6.07 Å². The van der Waals surface area contributed by atoms with Gasteiger partial charge in [0, 0.05) is 24.7 Å². The van der Waals surface area contributed by atoms with Crippen LogP contribution in [0.3, 0.4) is 0 Å². The Bertz CT molecular complexity index is 548. The van der Waals surface area contributed by atoms with E-state index in [1.165, 1.54) is 6.07 Å². The predicted molar refractivity (Wildman–Crippen MR) is 72.1 cm³/mol. The third-order valence-electron chi connectivity index (χ3n) is 3.73. The lowest BCUT2D eigenvalue weighted by atomic mass is 9.98. The summed E-state index contributed by atoms with van der Waals surface area (Å²) in [4.78, 5) is 12.1. The highest BCUT2D eigenvalue weighted by molar-refractivity contribution is 5.65. The summed E-state index contributed by atoms with van der Waals surface area (Å²) in [5.74, 6) is 0. The molecule has 2 N–H and O–H groups in total. The highest BCUT2D eigenvalue weighted by Crippen LogP contribution is 2.38. The minimum Gasteiger partial charge on any atom is -0.363 e. The van der Waals surface area contributed by atoms with Crippen LogP contribution in [0, 0.1) is 10.1 Å². The van der Waals surface area contributed by atoms with Gasteiger partial charge in [0.25, 0.3) is 5.69 Å². The van der Waals surface area contributed by atoms with Gasteiger partial charge in [-0.3, -0.25) is 10.1 Å². The van der Waals surface area contributed by atoms with Gasteiger partial charge >= 0.3 is 6.18 Å². The number of nitrogens with zero attached hydrogens (tertiary/aromatic N) is 2. The van der Waals surface area contributed by atoms with Crippen molar-refractivity contribution in [3.8, 4) is 0 Å². The van der Waals surface area contributed by atoms with Gasteiger partial charge in [-0.15, -0.1) is 0 Å². The first kappa shape index (κ1) is 15.6. The normalized spacial score (nSPS) is 23.2. The van der Waals surface area contributed by atoms with Crippen molar-refractivity contribution in [1.82, 2.24) is 0 Å². The van der Waals surface area contributed by atoms with E-state index < -0.39 is 22.4 Å². The first-order valence-electron chi connectivity index (χ1n) is 6.58. The van der Waals surface area contributed by atoms with E-state index >= 15 is 0 Å². The average Bonchev–Trinajstić information content (AvgIpc) is 2.37. The molecule has 2 atom stereocenters. The van der Waals surface area contributed by atoms with E-state index in [0.29, 0.717) is 25.5 Å². The number of hydrogen-bond acceptors (Lipinski definition) is 4. The molecule has 8 heteroatoms. The van der Waals surface area contributed by atoms with Gasteiger partial charge in [-0.05, 0) is 31.9 Å². The number of benzene rings is 1. The highest BCUT2D eigenvalue weighted by atomic mass is 19.4. The second kappa shape index (κ2) is 5.51. The summed E-state index contributed by atoms with van der Waals surface area (Å²) in [6.07, 6.45) is -3.29. The van der Waals surface area contributed by atoms with Gasteiger partial charge in [0.2, 0.25) is 0 Å². The smallest absolute Gasteiger partial charge is 0.363 e. The molecule has 2 rings (SSSR count). The van der Waals surface area contributed by atoms with Crippen LogP contribution in [0.1, 0.15) is 25.3 Å². The molecule has 116 valence electrons. The fourth-order valence-electron chi connectivity index (χ4n) is 2.66. The predicted octanol–water partition coefficient (Wildman–Crippen LogP) is 2.93. The Morgan fingerprint density at radius 2 is 2.10 bits per heavy atom. The van der Waals surface area contributed by atoms with Crippen LogP contribution in [-0.4, -0.2) is 23.6 Å². The summed E-state index contributed by atoms with van der Waals surface area (Å²) in [7, 11) is 0. The number of halogens is 3. The Labute approximate surface area is 119 Å². The van der Waals surface area contributed by atoms with Crippen molar-refractivity contribution in [2.45, 2.75) is 38.0 Å². The number of alkyl halides is 3. The van der Waals surface area contributed by atoms with Crippen LogP contribution in [0.4, 0.5) is 24.5 Å². The van der Waals surface area contributed by atoms with Crippen LogP contribution < -0.4 is 10.6 Å². The fraction of sp³-hybridized carbons (Fsp3) is 0.538. The zero-order chi connectivity index (χ0) is 15.8. The molecule has 0 aliphatic carbocycles. The molecule has 0 bridgehead atoms. The molecule has 1 aliphatic rings. The molecule has 1 aromatic rings. The zero-order valence-corrected chi connectivity index (χ0v) is 11.4. The SMILES string of the molecule is CC1CC(N)CCN1c1ccc(C(F)(F)F)cc1[N+](=O)[O-]. The third kappa shape index (κ3) is 3.26. The van der Waals surface area contributed by atoms with Crippen LogP contribution in [0.15, 0.2) is 18.2 Å². The topological polar surface area (TPSA) is 72.4 Å². The van der Waals surface area contributed by atoms with Crippen LogP contribution in [0.25, 0.3) is 0 Å². The maximum absolute atomic E-state index is 12.7. The van der Waals surface area contributed by atoms with Gasteiger partial charge in [-0.2, -0.15) is 13.2 Å². The van der Waals surface area contributed by atoms with Gasteiger partial charge in [0.15, 0.2) is 0 Å². The number of nitro groups is 1. The molecule has 0 aromatic heterocycles. The van der Waals surface area contributed by atoms with Crippen molar-refractivity contribution in [3.05, 3.63) is 33.9 Å². The van der Waals surface area contributed by atoms with Crippen molar-refractivity contribution in [3.63, 3.8) is 0 Å². The minimum atomic E-state index is -4.60. The molecular formula is C13H16F3N3O2. The van der Waals surface area contributed by atoms with E-state index in [-0.39, 0.29) is 17.8 Å². The summed E-state index contributed by atoms with van der Waals surface area (Å²) < 4.78 is 38.0. The number of nitro benzene ring substituents is 1. The van der Waals surface area contributed by atoms with E-state index in [1.54, 1.807) is 4.90 Å². The molecular weight excluding hydrogens is 287 g/mol. The van der Waals surface area contributed by atoms with E-state index in [2.05, 4.69) is 0 Å². The number of rotatable bonds is 2. The third-order valence-corrected chi connectivity index (χ3v) is 3.73. The second-order valence-electron chi connectivity index (χ2n) is 5.29. The summed E-state index contributed by atoms with van der Waals surface area (Å²) in [6, 6.07) is 2.61. The average molecular weight is 303 g/mol. The molecule has 0 spiro atoms. The Kier molecular flexibility index (Phi) is 4.08. The standard InChI is InChI=1S/C13H16F3N3O2/c1-8-6-10(17)4-5-18(8)11-3-2-9(13(14,15)16)7-12(11)19(20)21/h2-3,7-8,10H,4-6,17H2,1H3. The molecule has 0 amide bonds. The largest absolute Gasteiger partial charge is 0.416 e. The molecule has 1 fully saturated rings. The zero-order valence-electron chi connectivity index (χ0n) is 11.4. The molecule has 5 nitrogen and oxygen atoms in total. The Morgan fingerprint density at radius 1 is 1.43 bits per heavy atom. The van der Waals surface area contributed by atoms with Crippen molar-refractivity contribution in [2.24, 2.45) is 5.73 Å². The van der Waals surface area contributed by atoms with Crippen molar-refractivity contribution in [1.29, 1.82) is 0 Å². The minimum absolute atomic E-state index is 0.0183. The Balaban J connectivity index is 2.42. The van der Waals surface area contributed by atoms with Crippen LogP contribution >= 0.6 is 0 Å². The number of anilines is 1. The molecule has 2 unspecified atom stereocenters. The van der Waals surface area contributed by atoms with Crippen LogP contribution in [-0.2, 0) is 6.18 Å². The number of hydrogen-bond donors (Lipinski definition) is 1. The quantitative estimate of drug-likeness (QED) is 0.673. The van der Waals surface area contributed by atoms with E-state index in [9.17, 15) is 23.3 Å². The fourth-order valence-corrected chi connectivity index (χ4v) is 2.66. The van der Waals surface area contributed by atoms with Crippen molar-refractivity contribution < 1.29 is 18.1 Å². The van der Waals surface area contributed by atoms with Gasteiger partial charge < -0.3 is 10.6 Å². The van der Waals surface area contributed by atoms with Crippen molar-refractivity contribution >= 4 is 11.4 Å². The Morgan fingerprint density at radius 3 is 2.62 bits per heavy atom. The highest BCUT2D eigenvalue weighted by Gasteiger charge is 2.35. The molecule has 1 heterocycles. The molecule has 1 aliphatic heterocycles. The van der Waals surface area contributed by atoms with Crippen LogP contribution in [0.2, 0.25) is 0 Å². The first-order valence-corrected chi connectivity index (χ1v) is 6.58.